The average molecular weight is 354 g/mol. The molecule has 0 aliphatic rings. The Morgan fingerprint density at radius 3 is 2.44 bits per heavy atom. The molecular formula is C17H11FN4O2S. The number of aromatic nitrogens is 4. The predicted octanol–water partition coefficient (Wildman–Crippen LogP) is 4.22. The van der Waals surface area contributed by atoms with Crippen molar-refractivity contribution in [3.63, 3.8) is 0 Å². The Morgan fingerprint density at radius 2 is 1.64 bits per heavy atom. The molecule has 0 saturated heterocycles. The molecule has 6 nitrogen and oxygen atoms in total. The molecule has 0 fully saturated rings. The van der Waals surface area contributed by atoms with Gasteiger partial charge in [-0.2, -0.15) is 4.98 Å². The molecule has 0 aliphatic heterocycles. The van der Waals surface area contributed by atoms with Crippen molar-refractivity contribution in [1.82, 2.24) is 20.3 Å². The first-order chi connectivity index (χ1) is 12.3. The van der Waals surface area contributed by atoms with Crippen LogP contribution in [0.5, 0.6) is 0 Å². The lowest BCUT2D eigenvalue weighted by molar-refractivity contribution is 0.425. The molecule has 0 atom stereocenters. The molecule has 2 heterocycles. The predicted molar refractivity (Wildman–Crippen MR) is 89.0 cm³/mol. The van der Waals surface area contributed by atoms with Gasteiger partial charge in [0.2, 0.25) is 5.89 Å². The van der Waals surface area contributed by atoms with Gasteiger partial charge >= 0.3 is 0 Å². The van der Waals surface area contributed by atoms with E-state index in [1.54, 1.807) is 12.1 Å². The molecule has 0 bridgehead atoms. The Balaban J connectivity index is 1.42. The van der Waals surface area contributed by atoms with Gasteiger partial charge in [-0.25, -0.2) is 4.39 Å². The SMILES string of the molecule is Fc1ccc(-c2nc(CSc3nnc(-c4ccccc4)o3)no2)cc1. The summed E-state index contributed by atoms with van der Waals surface area (Å²) in [5, 5.41) is 12.4. The van der Waals surface area contributed by atoms with Gasteiger partial charge in [-0.1, -0.05) is 35.1 Å². The number of halogens is 1. The monoisotopic (exact) mass is 354 g/mol. The van der Waals surface area contributed by atoms with Gasteiger partial charge in [0.15, 0.2) is 5.82 Å². The van der Waals surface area contributed by atoms with E-state index >= 15 is 0 Å². The lowest BCUT2D eigenvalue weighted by Gasteiger charge is -1.93. The normalized spacial score (nSPS) is 10.9. The summed E-state index contributed by atoms with van der Waals surface area (Å²) in [5.74, 6) is 1.39. The molecule has 8 heteroatoms. The van der Waals surface area contributed by atoms with Gasteiger partial charge in [0.05, 0.1) is 5.75 Å². The van der Waals surface area contributed by atoms with Gasteiger partial charge < -0.3 is 8.94 Å². The lowest BCUT2D eigenvalue weighted by Crippen LogP contribution is -1.84. The van der Waals surface area contributed by atoms with E-state index in [1.807, 2.05) is 30.3 Å². The zero-order valence-corrected chi connectivity index (χ0v) is 13.6. The molecule has 0 amide bonds. The van der Waals surface area contributed by atoms with Crippen LogP contribution in [0.25, 0.3) is 22.9 Å². The molecular weight excluding hydrogens is 343 g/mol. The lowest BCUT2D eigenvalue weighted by atomic mass is 10.2. The van der Waals surface area contributed by atoms with Crippen molar-refractivity contribution in [3.05, 3.63) is 66.2 Å². The Morgan fingerprint density at radius 1 is 0.880 bits per heavy atom. The summed E-state index contributed by atoms with van der Waals surface area (Å²) >= 11 is 1.31. The van der Waals surface area contributed by atoms with Gasteiger partial charge in [-0.3, -0.25) is 0 Å². The number of hydrogen-bond acceptors (Lipinski definition) is 7. The van der Waals surface area contributed by atoms with Crippen LogP contribution in [-0.2, 0) is 5.75 Å². The van der Waals surface area contributed by atoms with E-state index in [1.165, 1.54) is 23.9 Å². The van der Waals surface area contributed by atoms with E-state index in [9.17, 15) is 4.39 Å². The summed E-state index contributed by atoms with van der Waals surface area (Å²) in [6.45, 7) is 0. The van der Waals surface area contributed by atoms with Gasteiger partial charge in [0, 0.05) is 11.1 Å². The number of hydrogen-bond donors (Lipinski definition) is 0. The second kappa shape index (κ2) is 6.86. The Bertz CT molecular complexity index is 970. The minimum atomic E-state index is -0.315. The molecule has 2 aromatic heterocycles. The third-order valence-corrected chi connectivity index (χ3v) is 4.13. The fourth-order valence-corrected chi connectivity index (χ4v) is 2.72. The zero-order valence-electron chi connectivity index (χ0n) is 12.8. The summed E-state index contributed by atoms with van der Waals surface area (Å²) < 4.78 is 23.7. The maximum absolute atomic E-state index is 12.9. The molecule has 0 radical (unpaired) electrons. The van der Waals surface area contributed by atoms with Crippen LogP contribution >= 0.6 is 11.8 Å². The van der Waals surface area contributed by atoms with Gasteiger partial charge in [-0.05, 0) is 36.4 Å². The average Bonchev–Trinajstić information content (AvgIpc) is 3.31. The van der Waals surface area contributed by atoms with Gasteiger partial charge in [0.25, 0.3) is 11.1 Å². The molecule has 4 aromatic rings. The smallest absolute Gasteiger partial charge is 0.277 e. The van der Waals surface area contributed by atoms with Crippen LogP contribution in [0.4, 0.5) is 4.39 Å². The van der Waals surface area contributed by atoms with Crippen LogP contribution in [0.2, 0.25) is 0 Å². The first kappa shape index (κ1) is 15.5. The highest BCUT2D eigenvalue weighted by molar-refractivity contribution is 7.98. The molecule has 2 aromatic carbocycles. The van der Waals surface area contributed by atoms with Crippen molar-refractivity contribution in [3.8, 4) is 22.9 Å². The molecule has 0 saturated carbocycles. The van der Waals surface area contributed by atoms with Gasteiger partial charge in [0.1, 0.15) is 5.82 Å². The minimum absolute atomic E-state index is 0.315. The fraction of sp³-hybridized carbons (Fsp3) is 0.0588. The summed E-state index contributed by atoms with van der Waals surface area (Å²) in [6.07, 6.45) is 0. The molecule has 25 heavy (non-hydrogen) atoms. The van der Waals surface area contributed by atoms with Crippen LogP contribution in [0.3, 0.4) is 0 Å². The van der Waals surface area contributed by atoms with Crippen LogP contribution in [0, 0.1) is 5.82 Å². The maximum Gasteiger partial charge on any atom is 0.277 e. The standard InChI is InChI=1S/C17H11FN4O2S/c18-13-8-6-12(7-9-13)15-19-14(22-24-15)10-25-17-21-20-16(23-17)11-4-2-1-3-5-11/h1-9H,10H2. The van der Waals surface area contributed by atoms with Gasteiger partial charge in [-0.15, -0.1) is 10.2 Å². The summed E-state index contributed by atoms with van der Waals surface area (Å²) in [4.78, 5) is 4.28. The molecule has 0 N–H and O–H groups in total. The molecule has 0 unspecified atom stereocenters. The summed E-state index contributed by atoms with van der Waals surface area (Å²) in [7, 11) is 0. The van der Waals surface area contributed by atoms with E-state index in [-0.39, 0.29) is 5.82 Å². The number of benzene rings is 2. The molecule has 4 rings (SSSR count). The Kier molecular flexibility index (Phi) is 4.26. The van der Waals surface area contributed by atoms with E-state index in [0.717, 1.165) is 5.56 Å². The fourth-order valence-electron chi connectivity index (χ4n) is 2.11. The van der Waals surface area contributed by atoms with Crippen molar-refractivity contribution in [2.24, 2.45) is 0 Å². The van der Waals surface area contributed by atoms with E-state index in [0.29, 0.717) is 34.1 Å². The topological polar surface area (TPSA) is 77.8 Å². The Hall–Kier alpha value is -3.00. The Labute approximate surface area is 146 Å². The first-order valence-electron chi connectivity index (χ1n) is 7.38. The van der Waals surface area contributed by atoms with Crippen molar-refractivity contribution in [1.29, 1.82) is 0 Å². The van der Waals surface area contributed by atoms with Crippen molar-refractivity contribution < 1.29 is 13.3 Å². The van der Waals surface area contributed by atoms with Crippen molar-refractivity contribution >= 4 is 11.8 Å². The third kappa shape index (κ3) is 3.58. The van der Waals surface area contributed by atoms with Crippen molar-refractivity contribution in [2.45, 2.75) is 11.0 Å². The highest BCUT2D eigenvalue weighted by atomic mass is 32.2. The largest absolute Gasteiger partial charge is 0.411 e. The van der Waals surface area contributed by atoms with E-state index in [4.69, 9.17) is 8.94 Å². The highest BCUT2D eigenvalue weighted by Gasteiger charge is 2.12. The second-order valence-corrected chi connectivity index (χ2v) is 5.98. The molecule has 124 valence electrons. The van der Waals surface area contributed by atoms with Crippen LogP contribution in [0.15, 0.2) is 68.8 Å². The zero-order chi connectivity index (χ0) is 17.1. The quantitative estimate of drug-likeness (QED) is 0.497. The number of rotatable bonds is 5. The highest BCUT2D eigenvalue weighted by Crippen LogP contribution is 2.25. The van der Waals surface area contributed by atoms with Crippen LogP contribution in [-0.4, -0.2) is 20.3 Å². The van der Waals surface area contributed by atoms with E-state index in [2.05, 4.69) is 20.3 Å². The number of nitrogens with zero attached hydrogens (tertiary/aromatic N) is 4. The van der Waals surface area contributed by atoms with Crippen molar-refractivity contribution in [2.75, 3.05) is 0 Å². The number of thioether (sulfide) groups is 1. The maximum atomic E-state index is 12.9. The third-order valence-electron chi connectivity index (χ3n) is 3.31. The first-order valence-corrected chi connectivity index (χ1v) is 8.37. The summed E-state index contributed by atoms with van der Waals surface area (Å²) in [5.41, 5.74) is 1.52. The summed E-state index contributed by atoms with van der Waals surface area (Å²) in [6, 6.07) is 15.4. The van der Waals surface area contributed by atoms with E-state index < -0.39 is 0 Å². The molecule has 0 aliphatic carbocycles. The van der Waals surface area contributed by atoms with Crippen LogP contribution in [0.1, 0.15) is 5.82 Å². The second-order valence-electron chi connectivity index (χ2n) is 5.05. The molecule has 0 spiro atoms. The van der Waals surface area contributed by atoms with Crippen LogP contribution < -0.4 is 0 Å². The minimum Gasteiger partial charge on any atom is -0.411 e.